The fourth-order valence-corrected chi connectivity index (χ4v) is 2.76. The van der Waals surface area contributed by atoms with Gasteiger partial charge in [-0.05, 0) is 30.9 Å². The van der Waals surface area contributed by atoms with Crippen LogP contribution in [0.1, 0.15) is 30.1 Å². The lowest BCUT2D eigenvalue weighted by atomic mass is 9.95. The Balaban J connectivity index is 2.06. The molecule has 1 fully saturated rings. The molecule has 1 saturated heterocycles. The minimum atomic E-state index is -0.460. The zero-order valence-corrected chi connectivity index (χ0v) is 12.3. The van der Waals surface area contributed by atoms with Crippen LogP contribution in [0.15, 0.2) is 18.2 Å². The van der Waals surface area contributed by atoms with Gasteiger partial charge in [-0.15, -0.1) is 0 Å². The maximum atomic E-state index is 11.6. The first-order valence-electron chi connectivity index (χ1n) is 7.16. The third-order valence-electron chi connectivity index (χ3n) is 3.90. The molecule has 114 valence electrons. The van der Waals surface area contributed by atoms with E-state index in [0.717, 1.165) is 31.6 Å². The standard InChI is InChI=1S/C15H22N4O2/c1-10(20)18-9-11-5-7-19(8-6-11)14-12(15(17)21)3-2-4-13(14)16/h2-4,11H,5-9,16H2,1H3,(H2,17,21)(H,18,20). The molecule has 21 heavy (non-hydrogen) atoms. The van der Waals surface area contributed by atoms with E-state index >= 15 is 0 Å². The maximum Gasteiger partial charge on any atom is 0.250 e. The molecule has 6 heteroatoms. The minimum Gasteiger partial charge on any atom is -0.397 e. The molecule has 0 saturated carbocycles. The van der Waals surface area contributed by atoms with Crippen LogP contribution in [-0.2, 0) is 4.79 Å². The van der Waals surface area contributed by atoms with Crippen molar-refractivity contribution in [3.05, 3.63) is 23.8 Å². The van der Waals surface area contributed by atoms with Crippen molar-refractivity contribution in [3.8, 4) is 0 Å². The molecule has 1 aromatic rings. The first kappa shape index (κ1) is 15.2. The lowest BCUT2D eigenvalue weighted by molar-refractivity contribution is -0.119. The summed E-state index contributed by atoms with van der Waals surface area (Å²) in [7, 11) is 0. The molecule has 0 radical (unpaired) electrons. The van der Waals surface area contributed by atoms with E-state index in [9.17, 15) is 9.59 Å². The summed E-state index contributed by atoms with van der Waals surface area (Å²) in [4.78, 5) is 24.6. The molecule has 2 amide bonds. The van der Waals surface area contributed by atoms with Gasteiger partial charge in [0.25, 0.3) is 5.91 Å². The van der Waals surface area contributed by atoms with E-state index in [1.54, 1.807) is 18.2 Å². The highest BCUT2D eigenvalue weighted by Gasteiger charge is 2.23. The van der Waals surface area contributed by atoms with Crippen LogP contribution in [0.4, 0.5) is 11.4 Å². The molecule has 0 spiro atoms. The largest absolute Gasteiger partial charge is 0.397 e. The molecule has 1 aromatic carbocycles. The number of hydrogen-bond acceptors (Lipinski definition) is 4. The minimum absolute atomic E-state index is 0.000693. The average molecular weight is 290 g/mol. The van der Waals surface area contributed by atoms with Gasteiger partial charge in [-0.3, -0.25) is 9.59 Å². The van der Waals surface area contributed by atoms with E-state index in [-0.39, 0.29) is 5.91 Å². The van der Waals surface area contributed by atoms with Gasteiger partial charge >= 0.3 is 0 Å². The number of carbonyl (C=O) groups excluding carboxylic acids is 2. The maximum absolute atomic E-state index is 11.6. The van der Waals surface area contributed by atoms with Crippen LogP contribution in [0.2, 0.25) is 0 Å². The van der Waals surface area contributed by atoms with Crippen LogP contribution in [0, 0.1) is 5.92 Å². The van der Waals surface area contributed by atoms with Crippen LogP contribution in [0.5, 0.6) is 0 Å². The van der Waals surface area contributed by atoms with Gasteiger partial charge in [-0.25, -0.2) is 0 Å². The van der Waals surface area contributed by atoms with Crippen LogP contribution in [0.3, 0.4) is 0 Å². The molecule has 1 aliphatic rings. The predicted molar refractivity (Wildman–Crippen MR) is 83.0 cm³/mol. The zero-order chi connectivity index (χ0) is 15.4. The number of hydrogen-bond donors (Lipinski definition) is 3. The third kappa shape index (κ3) is 3.65. The molecule has 5 N–H and O–H groups in total. The molecule has 1 aliphatic heterocycles. The number of carbonyl (C=O) groups is 2. The van der Waals surface area contributed by atoms with Crippen LogP contribution >= 0.6 is 0 Å². The first-order chi connectivity index (χ1) is 9.99. The second-order valence-electron chi connectivity index (χ2n) is 5.48. The smallest absolute Gasteiger partial charge is 0.250 e. The summed E-state index contributed by atoms with van der Waals surface area (Å²) in [5, 5.41) is 2.85. The average Bonchev–Trinajstić information content (AvgIpc) is 2.45. The lowest BCUT2D eigenvalue weighted by Crippen LogP contribution is -2.39. The quantitative estimate of drug-likeness (QED) is 0.711. The summed E-state index contributed by atoms with van der Waals surface area (Å²) >= 11 is 0. The molecule has 0 aromatic heterocycles. The second-order valence-corrected chi connectivity index (χ2v) is 5.48. The van der Waals surface area contributed by atoms with Gasteiger partial charge in [0, 0.05) is 26.6 Å². The number of nitrogens with zero attached hydrogens (tertiary/aromatic N) is 1. The Morgan fingerprint density at radius 1 is 1.33 bits per heavy atom. The number of nitrogen functional groups attached to an aromatic ring is 1. The van der Waals surface area contributed by atoms with Crippen molar-refractivity contribution >= 4 is 23.2 Å². The van der Waals surface area contributed by atoms with E-state index in [1.165, 1.54) is 6.92 Å². The van der Waals surface area contributed by atoms with Gasteiger partial charge in [0.05, 0.1) is 16.9 Å². The SMILES string of the molecule is CC(=O)NCC1CCN(c2c(N)cccc2C(N)=O)CC1. The highest BCUT2D eigenvalue weighted by molar-refractivity contribution is 6.01. The molecule has 0 bridgehead atoms. The Hall–Kier alpha value is -2.24. The molecule has 0 aliphatic carbocycles. The van der Waals surface area contributed by atoms with Crippen LogP contribution in [0.25, 0.3) is 0 Å². The Morgan fingerprint density at radius 3 is 2.57 bits per heavy atom. The highest BCUT2D eigenvalue weighted by Crippen LogP contribution is 2.31. The molecule has 1 heterocycles. The number of amides is 2. The summed E-state index contributed by atoms with van der Waals surface area (Å²) in [6.45, 7) is 3.84. The number of benzene rings is 1. The van der Waals surface area contributed by atoms with Crippen LogP contribution < -0.4 is 21.7 Å². The number of primary amides is 1. The van der Waals surface area contributed by atoms with Crippen molar-refractivity contribution in [2.24, 2.45) is 11.7 Å². The van der Waals surface area contributed by atoms with Crippen molar-refractivity contribution < 1.29 is 9.59 Å². The fraction of sp³-hybridized carbons (Fsp3) is 0.467. The van der Waals surface area contributed by atoms with Gasteiger partial charge in [0.15, 0.2) is 0 Å². The topological polar surface area (TPSA) is 101 Å². The van der Waals surface area contributed by atoms with Crippen molar-refractivity contribution in [1.82, 2.24) is 5.32 Å². The van der Waals surface area contributed by atoms with Gasteiger partial charge < -0.3 is 21.7 Å². The van der Waals surface area contributed by atoms with E-state index in [0.29, 0.717) is 23.7 Å². The summed E-state index contributed by atoms with van der Waals surface area (Å²) in [6.07, 6.45) is 1.90. The summed E-state index contributed by atoms with van der Waals surface area (Å²) < 4.78 is 0. The highest BCUT2D eigenvalue weighted by atomic mass is 16.1. The van der Waals surface area contributed by atoms with E-state index in [2.05, 4.69) is 10.2 Å². The van der Waals surface area contributed by atoms with Crippen molar-refractivity contribution in [1.29, 1.82) is 0 Å². The van der Waals surface area contributed by atoms with Crippen molar-refractivity contribution in [2.75, 3.05) is 30.3 Å². The van der Waals surface area contributed by atoms with Gasteiger partial charge in [0.2, 0.25) is 5.91 Å². The van der Waals surface area contributed by atoms with E-state index in [1.807, 2.05) is 0 Å². The summed E-state index contributed by atoms with van der Waals surface area (Å²) in [5.74, 6) is 0.00512. The lowest BCUT2D eigenvalue weighted by Gasteiger charge is -2.35. The number of nitrogens with two attached hydrogens (primary N) is 2. The predicted octanol–water partition coefficient (Wildman–Crippen LogP) is 0.720. The normalized spacial score (nSPS) is 15.8. The molecule has 0 unspecified atom stereocenters. The van der Waals surface area contributed by atoms with Gasteiger partial charge in [0.1, 0.15) is 0 Å². The number of nitrogens with one attached hydrogen (secondary N) is 1. The van der Waals surface area contributed by atoms with Gasteiger partial charge in [-0.1, -0.05) is 6.07 Å². The van der Waals surface area contributed by atoms with Crippen molar-refractivity contribution in [3.63, 3.8) is 0 Å². The number of anilines is 2. The molecule has 6 nitrogen and oxygen atoms in total. The molecular weight excluding hydrogens is 268 g/mol. The molecular formula is C15H22N4O2. The Bertz CT molecular complexity index is 536. The van der Waals surface area contributed by atoms with E-state index < -0.39 is 5.91 Å². The Morgan fingerprint density at radius 2 is 2.00 bits per heavy atom. The zero-order valence-electron chi connectivity index (χ0n) is 12.3. The Kier molecular flexibility index (Phi) is 4.67. The first-order valence-corrected chi connectivity index (χ1v) is 7.16. The van der Waals surface area contributed by atoms with Crippen LogP contribution in [-0.4, -0.2) is 31.4 Å². The van der Waals surface area contributed by atoms with E-state index in [4.69, 9.17) is 11.5 Å². The summed E-state index contributed by atoms with van der Waals surface area (Å²) in [5.41, 5.74) is 13.2. The molecule has 2 rings (SSSR count). The van der Waals surface area contributed by atoms with Gasteiger partial charge in [-0.2, -0.15) is 0 Å². The second kappa shape index (κ2) is 6.47. The summed E-state index contributed by atoms with van der Waals surface area (Å²) in [6, 6.07) is 5.23. The fourth-order valence-electron chi connectivity index (χ4n) is 2.76. The number of rotatable bonds is 4. The number of para-hydroxylation sites is 1. The third-order valence-corrected chi connectivity index (χ3v) is 3.90. The van der Waals surface area contributed by atoms with Crippen molar-refractivity contribution in [2.45, 2.75) is 19.8 Å². The number of piperidine rings is 1. The monoisotopic (exact) mass is 290 g/mol. The molecule has 0 atom stereocenters. The Labute approximate surface area is 124 Å².